The van der Waals surface area contributed by atoms with Crippen LogP contribution in [0.1, 0.15) is 335 Å². The lowest BCUT2D eigenvalue weighted by atomic mass is 9.90. The third-order valence-corrected chi connectivity index (χ3v) is 36.1. The van der Waals surface area contributed by atoms with E-state index in [1.807, 2.05) is 85.7 Å². The Labute approximate surface area is 889 Å². The van der Waals surface area contributed by atoms with Crippen LogP contribution < -0.4 is 50.2 Å². The molecule has 8 aliphatic rings. The van der Waals surface area contributed by atoms with Gasteiger partial charge in [0, 0.05) is 112 Å². The minimum absolute atomic E-state index is 0.168. The summed E-state index contributed by atoms with van der Waals surface area (Å²) in [5.74, 6) is 2.22. The lowest BCUT2D eigenvalue weighted by molar-refractivity contribution is 0.0848. The molecule has 820 valence electrons. The van der Waals surface area contributed by atoms with Crippen LogP contribution in [-0.2, 0) is 87.9 Å². The number of aromatic nitrogens is 3. The predicted octanol–water partition coefficient (Wildman–Crippen LogP) is 19.9. The van der Waals surface area contributed by atoms with Crippen molar-refractivity contribution in [3.63, 3.8) is 0 Å². The van der Waals surface area contributed by atoms with Gasteiger partial charge in [0.2, 0.25) is 20.0 Å². The Morgan fingerprint density at radius 2 is 0.660 bits per heavy atom. The van der Waals surface area contributed by atoms with Crippen molar-refractivity contribution in [2.75, 3.05) is 105 Å². The molecular formula is C110H159N19O16S5. The SMILES string of the molecule is CC(C)c1cccc(C(C)C)c1NC(=O)NS(=O)(=O)N1CCN2CCCCC2C1.Cc1cc(C(C)C)c(NC(=O)NS(=O)(=O)Cc2ccc3oc(C)nc3c2)c(C(C)C)c1.Cc1cc(C(C)C)c(NC(=O)NS(=O)(=O)N2CCN3CCCCC3C2)c(C(C)C)c1.Cc1cc(C(C)C)c(NC(=O)NS(=O)(=O)N2CCN3CCCCC3C2)c(C(C)C)c1.Cc1nc2ccc(CS(=O)(=O)NC(=O)Nc3c4c(cc5c3CCC5)CCC4)cc2[nH]1. The van der Waals surface area contributed by atoms with E-state index < -0.39 is 80.8 Å². The number of H-pyrrole nitrogens is 1. The smallest absolute Gasteiger partial charge is 0.333 e. The Hall–Kier alpha value is -10.7. The van der Waals surface area contributed by atoms with E-state index in [0.717, 1.165) is 211 Å². The van der Waals surface area contributed by atoms with Gasteiger partial charge in [-0.3, -0.25) is 14.7 Å². The average molecular weight is 2160 g/mol. The number of para-hydroxylation sites is 1. The van der Waals surface area contributed by atoms with Gasteiger partial charge in [0.1, 0.15) is 11.3 Å². The largest absolute Gasteiger partial charge is 0.441 e. The van der Waals surface area contributed by atoms with Crippen LogP contribution in [0.5, 0.6) is 0 Å². The zero-order chi connectivity index (χ0) is 109. The molecule has 0 spiro atoms. The molecule has 2 aromatic heterocycles. The lowest BCUT2D eigenvalue weighted by Crippen LogP contribution is -2.58. The van der Waals surface area contributed by atoms with Crippen molar-refractivity contribution in [3.8, 4) is 0 Å². The summed E-state index contributed by atoms with van der Waals surface area (Å²) in [5, 5.41) is 14.2. The van der Waals surface area contributed by atoms with Crippen molar-refractivity contribution < 1.29 is 70.5 Å². The number of hydrogen-bond donors (Lipinski definition) is 11. The maximum Gasteiger partial charge on any atom is 0.333 e. The van der Waals surface area contributed by atoms with E-state index in [-0.39, 0.29) is 77.0 Å². The number of oxazole rings is 1. The van der Waals surface area contributed by atoms with Crippen molar-refractivity contribution in [2.24, 2.45) is 0 Å². The van der Waals surface area contributed by atoms with Gasteiger partial charge in [-0.1, -0.05) is 220 Å². The zero-order valence-corrected chi connectivity index (χ0v) is 95.3. The second-order valence-corrected chi connectivity index (χ2v) is 52.3. The molecule has 9 aromatic rings. The van der Waals surface area contributed by atoms with E-state index in [2.05, 4.69) is 193 Å². The summed E-state index contributed by atoms with van der Waals surface area (Å²) < 4.78 is 148. The first-order chi connectivity index (χ1) is 70.7. The number of fused-ring (bicyclic) bond motifs is 7. The molecule has 0 radical (unpaired) electrons. The van der Waals surface area contributed by atoms with Gasteiger partial charge in [-0.2, -0.15) is 38.2 Å². The number of piperidine rings is 3. The van der Waals surface area contributed by atoms with E-state index >= 15 is 0 Å². The molecular weight excluding hydrogens is 2000 g/mol. The third kappa shape index (κ3) is 30.3. The molecule has 11 N–H and O–H groups in total. The highest BCUT2D eigenvalue weighted by Gasteiger charge is 2.41. The highest BCUT2D eigenvalue weighted by Crippen LogP contribution is 2.42. The fraction of sp³-hybridized carbons (Fsp3) is 0.555. The molecule has 2 aliphatic carbocycles. The molecule has 7 aromatic carbocycles. The number of aryl methyl sites for hydroxylation is 7. The molecule has 150 heavy (non-hydrogen) atoms. The molecule has 6 fully saturated rings. The number of aromatic amines is 1. The van der Waals surface area contributed by atoms with Gasteiger partial charge in [-0.15, -0.1) is 0 Å². The topological polar surface area (TPSA) is 450 Å². The van der Waals surface area contributed by atoms with E-state index in [0.29, 0.717) is 78.8 Å². The molecule has 6 saturated heterocycles. The fourth-order valence-electron chi connectivity index (χ4n) is 21.9. The Morgan fingerprint density at radius 3 is 1.01 bits per heavy atom. The van der Waals surface area contributed by atoms with Crippen molar-refractivity contribution >= 4 is 131 Å². The van der Waals surface area contributed by atoms with E-state index in [1.165, 1.54) is 54.4 Å². The Bertz CT molecular complexity index is 6710. The number of carbonyl (C=O) groups is 5. The van der Waals surface area contributed by atoms with E-state index in [1.54, 1.807) is 43.3 Å². The minimum Gasteiger partial charge on any atom is -0.441 e. The highest BCUT2D eigenvalue weighted by atomic mass is 32.2. The number of amides is 10. The summed E-state index contributed by atoms with van der Waals surface area (Å²) in [5.41, 5.74) is 23.8. The summed E-state index contributed by atoms with van der Waals surface area (Å²) in [7, 11) is -19.4. The minimum atomic E-state index is -3.91. The van der Waals surface area contributed by atoms with E-state index in [9.17, 15) is 66.1 Å². The monoisotopic (exact) mass is 2160 g/mol. The van der Waals surface area contributed by atoms with Crippen molar-refractivity contribution in [3.05, 3.63) is 203 Å². The Balaban J connectivity index is 0.000000156. The molecule has 0 saturated carbocycles. The number of hydrogen-bond acceptors (Lipinski definition) is 21. The van der Waals surface area contributed by atoms with Crippen LogP contribution in [0.15, 0.2) is 101 Å². The molecule has 8 heterocycles. The number of benzene rings is 7. The number of rotatable bonds is 25. The Kier molecular flexibility index (Phi) is 38.8. The van der Waals surface area contributed by atoms with Crippen LogP contribution in [-0.4, -0.2) is 211 Å². The van der Waals surface area contributed by atoms with Crippen LogP contribution in [0.4, 0.5) is 52.4 Å². The standard InChI is InChI=1S/C23H29N3O4S.C22H24N4O3S.2C22H36N4O3S.C21H34N4O3S/c1-13(2)18-9-15(5)10-19(14(3)4)22(18)25-23(27)26-31(28,29)12-17-7-8-21-20(11-17)24-16(6)30-21;1-13-23-19-9-8-14(10-20(19)24-13)12-30(28,29)26-22(27)25-21-17-6-2-4-15(17)11-16-5-3-7-18(16)21;2*1-15(2)19-12-17(5)13-20(16(3)4)21(19)23-22(27)24-30(28,29)26-11-10-25-9-7-6-8-18(25)14-26;1-15(2)18-9-7-10-19(16(3)4)20(18)22-21(26)23-29(27,28)25-13-12-24-11-6-5-8-17(24)14-25/h7-11,13-14H,12H2,1-6H3,(H2,25,26,27);8-11H,2-7,12H2,1H3,(H,23,24)(H2,25,26,27);2*12-13,15-16,18H,6-11,14H2,1-5H3,(H2,23,24,27);7,9-10,15-17H,5-6,8,11-14H2,1-4H3,(H2,22,23,26). The zero-order valence-electron chi connectivity index (χ0n) is 91.2. The van der Waals surface area contributed by atoms with Crippen LogP contribution >= 0.6 is 0 Å². The number of carbonyl (C=O) groups excluding carboxylic acids is 5. The van der Waals surface area contributed by atoms with Crippen LogP contribution in [0.2, 0.25) is 0 Å². The molecule has 10 amide bonds. The molecule has 40 heteroatoms. The van der Waals surface area contributed by atoms with Crippen LogP contribution in [0.25, 0.3) is 22.1 Å². The second kappa shape index (κ2) is 50.0. The number of anilines is 5. The van der Waals surface area contributed by atoms with Gasteiger partial charge in [0.05, 0.1) is 22.5 Å². The van der Waals surface area contributed by atoms with Gasteiger partial charge >= 0.3 is 60.8 Å². The molecule has 17 rings (SSSR count). The number of imidazole rings is 1. The van der Waals surface area contributed by atoms with Crippen molar-refractivity contribution in [1.29, 1.82) is 0 Å². The van der Waals surface area contributed by atoms with Gasteiger partial charge < -0.3 is 36.0 Å². The summed E-state index contributed by atoms with van der Waals surface area (Å²) in [4.78, 5) is 82.2. The summed E-state index contributed by atoms with van der Waals surface area (Å²) in [6.07, 6.45) is 16.0. The maximum absolute atomic E-state index is 12.9. The first kappa shape index (κ1) is 116. The fourth-order valence-corrected chi connectivity index (χ4v) is 27.2. The van der Waals surface area contributed by atoms with Gasteiger partial charge in [0.15, 0.2) is 11.5 Å². The van der Waals surface area contributed by atoms with Crippen molar-refractivity contribution in [1.82, 2.24) is 66.2 Å². The van der Waals surface area contributed by atoms with Crippen LogP contribution in [0.3, 0.4) is 0 Å². The Morgan fingerprint density at radius 1 is 0.340 bits per heavy atom. The molecule has 3 unspecified atom stereocenters. The molecule has 35 nitrogen and oxygen atoms in total. The van der Waals surface area contributed by atoms with Gasteiger partial charge in [0.25, 0.3) is 0 Å². The number of sulfonamides is 2. The number of nitrogens with zero attached hydrogens (tertiary/aromatic N) is 8. The van der Waals surface area contributed by atoms with Gasteiger partial charge in [-0.25, -0.2) is 74.4 Å². The van der Waals surface area contributed by atoms with Crippen LogP contribution in [0, 0.1) is 34.6 Å². The number of nitrogens with one attached hydrogen (secondary N) is 11. The summed E-state index contributed by atoms with van der Waals surface area (Å²) >= 11 is 0. The maximum atomic E-state index is 12.9. The molecule has 6 aliphatic heterocycles. The first-order valence-corrected chi connectivity index (χ1v) is 61.0. The van der Waals surface area contributed by atoms with E-state index in [4.69, 9.17) is 4.42 Å². The average Bonchev–Trinajstić information content (AvgIpc) is 1.63. The first-order valence-electron chi connectivity index (χ1n) is 53.3. The summed E-state index contributed by atoms with van der Waals surface area (Å²) in [6.45, 7) is 50.5. The highest BCUT2D eigenvalue weighted by molar-refractivity contribution is 7.89. The third-order valence-electron chi connectivity index (χ3n) is 29.3. The second-order valence-electron chi connectivity index (χ2n) is 43.9. The normalized spacial score (nSPS) is 18.0. The molecule has 0 bridgehead atoms. The number of urea groups is 5. The lowest BCUT2D eigenvalue weighted by Gasteiger charge is -2.43. The predicted molar refractivity (Wildman–Crippen MR) is 598 cm³/mol. The van der Waals surface area contributed by atoms with Gasteiger partial charge in [-0.05, 0) is 274 Å². The number of piperazine rings is 3. The summed E-state index contributed by atoms with van der Waals surface area (Å²) in [6, 6.07) is 27.9. The quantitative estimate of drug-likeness (QED) is 0.0253. The molecule has 3 atom stereocenters. The van der Waals surface area contributed by atoms with Crippen molar-refractivity contribution in [2.45, 2.75) is 319 Å².